The number of hydrogen-bond donors (Lipinski definition) is 1. The van der Waals surface area contributed by atoms with Crippen molar-refractivity contribution in [3.63, 3.8) is 0 Å². The van der Waals surface area contributed by atoms with E-state index in [1.807, 2.05) is 23.7 Å². The number of nitrogens with zero attached hydrogens (tertiary/aromatic N) is 3. The highest BCUT2D eigenvalue weighted by molar-refractivity contribution is 5.23. The first-order valence-corrected chi connectivity index (χ1v) is 8.16. The molecule has 124 valence electrons. The van der Waals surface area contributed by atoms with E-state index in [0.717, 1.165) is 17.8 Å². The van der Waals surface area contributed by atoms with E-state index >= 15 is 0 Å². The summed E-state index contributed by atoms with van der Waals surface area (Å²) in [5, 5.41) is 14.6. The lowest BCUT2D eigenvalue weighted by Gasteiger charge is -2.24. The molecule has 1 aromatic heterocycles. The zero-order valence-corrected chi connectivity index (χ0v) is 13.9. The maximum Gasteiger partial charge on any atom is 0.123 e. The fourth-order valence-electron chi connectivity index (χ4n) is 3.24. The van der Waals surface area contributed by atoms with E-state index in [0.29, 0.717) is 19.0 Å². The SMILES string of the molecule is Cc1nn(C(C)C)cc1CN1C[C@@H](O)C[C@@H]1c1ccc(F)cc1. The van der Waals surface area contributed by atoms with Crippen molar-refractivity contribution in [1.82, 2.24) is 14.7 Å². The lowest BCUT2D eigenvalue weighted by Crippen LogP contribution is -2.24. The first-order chi connectivity index (χ1) is 10.9. The average Bonchev–Trinajstić information content (AvgIpc) is 3.04. The maximum atomic E-state index is 13.2. The molecule has 0 spiro atoms. The van der Waals surface area contributed by atoms with E-state index in [-0.39, 0.29) is 18.0 Å². The van der Waals surface area contributed by atoms with Crippen molar-refractivity contribution in [3.05, 3.63) is 53.1 Å². The standard InChI is InChI=1S/C18H24FN3O/c1-12(2)22-10-15(13(3)20-22)9-21-11-17(23)8-18(21)14-4-6-16(19)7-5-14/h4-7,10,12,17-18,23H,8-9,11H2,1-3H3/t17-,18+/m0/s1. The Hall–Kier alpha value is -1.72. The van der Waals surface area contributed by atoms with Crippen molar-refractivity contribution in [2.24, 2.45) is 0 Å². The van der Waals surface area contributed by atoms with Gasteiger partial charge in [0.1, 0.15) is 5.82 Å². The Labute approximate surface area is 136 Å². The zero-order valence-electron chi connectivity index (χ0n) is 13.9. The minimum absolute atomic E-state index is 0.118. The van der Waals surface area contributed by atoms with Crippen molar-refractivity contribution in [3.8, 4) is 0 Å². The van der Waals surface area contributed by atoms with Crippen LogP contribution in [0.3, 0.4) is 0 Å². The minimum Gasteiger partial charge on any atom is -0.392 e. The topological polar surface area (TPSA) is 41.3 Å². The van der Waals surface area contributed by atoms with Gasteiger partial charge >= 0.3 is 0 Å². The van der Waals surface area contributed by atoms with E-state index in [1.165, 1.54) is 17.7 Å². The maximum absolute atomic E-state index is 13.2. The molecular formula is C18H24FN3O. The van der Waals surface area contributed by atoms with Gasteiger partial charge in [0.05, 0.1) is 11.8 Å². The van der Waals surface area contributed by atoms with E-state index in [9.17, 15) is 9.50 Å². The fraction of sp³-hybridized carbons (Fsp3) is 0.500. The van der Waals surface area contributed by atoms with Gasteiger partial charge in [-0.05, 0) is 44.9 Å². The number of rotatable bonds is 4. The highest BCUT2D eigenvalue weighted by Crippen LogP contribution is 2.33. The second kappa shape index (κ2) is 6.42. The van der Waals surface area contributed by atoms with Crippen molar-refractivity contribution in [1.29, 1.82) is 0 Å². The summed E-state index contributed by atoms with van der Waals surface area (Å²) < 4.78 is 15.1. The van der Waals surface area contributed by atoms with Crippen LogP contribution >= 0.6 is 0 Å². The Bertz CT molecular complexity index is 665. The third-order valence-electron chi connectivity index (χ3n) is 4.56. The van der Waals surface area contributed by atoms with Crippen LogP contribution in [0.4, 0.5) is 4.39 Å². The van der Waals surface area contributed by atoms with E-state index < -0.39 is 0 Å². The minimum atomic E-state index is -0.342. The Morgan fingerprint density at radius 3 is 2.61 bits per heavy atom. The van der Waals surface area contributed by atoms with Crippen LogP contribution in [-0.4, -0.2) is 32.4 Å². The van der Waals surface area contributed by atoms with Gasteiger partial charge in [0.2, 0.25) is 0 Å². The molecule has 0 aliphatic carbocycles. The van der Waals surface area contributed by atoms with Crippen LogP contribution < -0.4 is 0 Å². The van der Waals surface area contributed by atoms with E-state index in [2.05, 4.69) is 30.0 Å². The number of aliphatic hydroxyl groups is 1. The molecule has 2 atom stereocenters. The van der Waals surface area contributed by atoms with Crippen LogP contribution in [0.25, 0.3) is 0 Å². The predicted octanol–water partition coefficient (Wildman–Crippen LogP) is 3.22. The molecule has 23 heavy (non-hydrogen) atoms. The number of halogens is 1. The molecule has 0 unspecified atom stereocenters. The zero-order chi connectivity index (χ0) is 16.6. The van der Waals surface area contributed by atoms with Gasteiger partial charge in [0.15, 0.2) is 0 Å². The highest BCUT2D eigenvalue weighted by Gasteiger charge is 2.32. The van der Waals surface area contributed by atoms with E-state index in [1.54, 1.807) is 0 Å². The smallest absolute Gasteiger partial charge is 0.123 e. The first kappa shape index (κ1) is 16.1. The van der Waals surface area contributed by atoms with Crippen LogP contribution in [-0.2, 0) is 6.54 Å². The molecule has 1 aromatic carbocycles. The predicted molar refractivity (Wildman–Crippen MR) is 87.5 cm³/mol. The van der Waals surface area contributed by atoms with Crippen LogP contribution in [0.15, 0.2) is 30.5 Å². The van der Waals surface area contributed by atoms with Gasteiger partial charge in [0.25, 0.3) is 0 Å². The Balaban J connectivity index is 1.81. The Morgan fingerprint density at radius 2 is 2.00 bits per heavy atom. The molecule has 2 heterocycles. The summed E-state index contributed by atoms with van der Waals surface area (Å²) >= 11 is 0. The van der Waals surface area contributed by atoms with Crippen molar-refractivity contribution < 1.29 is 9.50 Å². The third-order valence-corrected chi connectivity index (χ3v) is 4.56. The number of hydrogen-bond acceptors (Lipinski definition) is 3. The van der Waals surface area contributed by atoms with Crippen molar-refractivity contribution >= 4 is 0 Å². The largest absolute Gasteiger partial charge is 0.392 e. The molecule has 0 saturated carbocycles. The normalized spacial score (nSPS) is 22.2. The molecule has 1 N–H and O–H groups in total. The number of aliphatic hydroxyl groups excluding tert-OH is 1. The molecule has 1 fully saturated rings. The molecule has 0 amide bonds. The van der Waals surface area contributed by atoms with Gasteiger partial charge in [-0.3, -0.25) is 9.58 Å². The van der Waals surface area contributed by atoms with Crippen LogP contribution in [0, 0.1) is 12.7 Å². The second-order valence-electron chi connectivity index (χ2n) is 6.70. The monoisotopic (exact) mass is 317 g/mol. The number of benzene rings is 1. The molecule has 1 aliphatic rings. The van der Waals surface area contributed by atoms with Gasteiger partial charge in [-0.25, -0.2) is 4.39 Å². The number of aryl methyl sites for hydroxylation is 1. The van der Waals surface area contributed by atoms with Gasteiger partial charge in [-0.1, -0.05) is 12.1 Å². The molecule has 1 saturated heterocycles. The highest BCUT2D eigenvalue weighted by atomic mass is 19.1. The average molecular weight is 317 g/mol. The van der Waals surface area contributed by atoms with Gasteiger partial charge < -0.3 is 5.11 Å². The summed E-state index contributed by atoms with van der Waals surface area (Å²) in [6.45, 7) is 7.62. The van der Waals surface area contributed by atoms with Crippen molar-refractivity contribution in [2.45, 2.75) is 51.9 Å². The molecule has 4 nitrogen and oxygen atoms in total. The molecule has 5 heteroatoms. The number of β-amino-alcohol motifs (C(OH)–C–C–N with tert-alkyl or cyclic N) is 1. The summed E-state index contributed by atoms with van der Waals surface area (Å²) in [6, 6.07) is 7.05. The van der Waals surface area contributed by atoms with Crippen LogP contribution in [0.2, 0.25) is 0 Å². The Morgan fingerprint density at radius 1 is 1.30 bits per heavy atom. The fourth-order valence-corrected chi connectivity index (χ4v) is 3.24. The Kier molecular flexibility index (Phi) is 4.50. The molecule has 0 bridgehead atoms. The van der Waals surface area contributed by atoms with Crippen molar-refractivity contribution in [2.75, 3.05) is 6.54 Å². The summed E-state index contributed by atoms with van der Waals surface area (Å²) in [5.41, 5.74) is 3.26. The molecule has 3 rings (SSSR count). The second-order valence-corrected chi connectivity index (χ2v) is 6.70. The summed E-state index contributed by atoms with van der Waals surface area (Å²) in [5.74, 6) is -0.229. The number of likely N-dealkylation sites (tertiary alicyclic amines) is 1. The lowest BCUT2D eigenvalue weighted by molar-refractivity contribution is 0.172. The number of aromatic nitrogens is 2. The lowest BCUT2D eigenvalue weighted by atomic mass is 10.0. The quantitative estimate of drug-likeness (QED) is 0.941. The first-order valence-electron chi connectivity index (χ1n) is 8.16. The van der Waals surface area contributed by atoms with Gasteiger partial charge in [-0.2, -0.15) is 5.10 Å². The molecular weight excluding hydrogens is 293 g/mol. The summed E-state index contributed by atoms with van der Waals surface area (Å²) in [6.07, 6.45) is 2.43. The van der Waals surface area contributed by atoms with Gasteiger partial charge in [0, 0.05) is 36.9 Å². The van der Waals surface area contributed by atoms with Crippen LogP contribution in [0.1, 0.15) is 49.2 Å². The van der Waals surface area contributed by atoms with Gasteiger partial charge in [-0.15, -0.1) is 0 Å². The van der Waals surface area contributed by atoms with Crippen LogP contribution in [0.5, 0.6) is 0 Å². The summed E-state index contributed by atoms with van der Waals surface area (Å²) in [4.78, 5) is 2.26. The third kappa shape index (κ3) is 3.46. The molecule has 1 aliphatic heterocycles. The summed E-state index contributed by atoms with van der Waals surface area (Å²) in [7, 11) is 0. The van der Waals surface area contributed by atoms with E-state index in [4.69, 9.17) is 0 Å². The molecule has 2 aromatic rings. The molecule has 0 radical (unpaired) electrons.